The van der Waals surface area contributed by atoms with E-state index in [0.29, 0.717) is 28.5 Å². The second-order valence-corrected chi connectivity index (χ2v) is 9.70. The van der Waals surface area contributed by atoms with E-state index in [-0.39, 0.29) is 11.9 Å². The third-order valence-electron chi connectivity index (χ3n) is 5.52. The number of aromatic nitrogens is 3. The van der Waals surface area contributed by atoms with Crippen LogP contribution in [0.3, 0.4) is 0 Å². The van der Waals surface area contributed by atoms with Crippen molar-refractivity contribution in [2.24, 2.45) is 0 Å². The van der Waals surface area contributed by atoms with Crippen molar-refractivity contribution in [1.82, 2.24) is 9.97 Å². The molecule has 0 radical (unpaired) electrons. The van der Waals surface area contributed by atoms with Gasteiger partial charge in [0.15, 0.2) is 0 Å². The quantitative estimate of drug-likeness (QED) is 0.458. The van der Waals surface area contributed by atoms with Crippen LogP contribution in [0.5, 0.6) is 5.88 Å². The first-order valence-corrected chi connectivity index (χ1v) is 11.9. The number of fused-ring (bicyclic) bond motifs is 1. The van der Waals surface area contributed by atoms with E-state index in [2.05, 4.69) is 14.7 Å². The Morgan fingerprint density at radius 2 is 2.03 bits per heavy atom. The summed E-state index contributed by atoms with van der Waals surface area (Å²) in [5, 5.41) is 13.1. The first-order chi connectivity index (χ1) is 14.4. The molecule has 1 aliphatic carbocycles. The van der Waals surface area contributed by atoms with Crippen LogP contribution in [0, 0.1) is 12.1 Å². The normalized spacial score (nSPS) is 15.4. The first-order valence-electron chi connectivity index (χ1n) is 10.3. The van der Waals surface area contributed by atoms with Gasteiger partial charge in [-0.3, -0.25) is 4.72 Å². The molecule has 0 amide bonds. The molecule has 0 atom stereocenters. The lowest BCUT2D eigenvalue weighted by Gasteiger charge is -2.24. The topological polar surface area (TPSA) is 111 Å². The molecule has 3 aromatic heterocycles. The molecule has 3 aromatic rings. The van der Waals surface area contributed by atoms with Crippen molar-refractivity contribution < 1.29 is 17.9 Å². The van der Waals surface area contributed by atoms with Crippen LogP contribution in [0.25, 0.3) is 22.2 Å². The van der Waals surface area contributed by atoms with Gasteiger partial charge < -0.3 is 9.94 Å². The minimum Gasteiger partial charge on any atom is -0.710 e. The fourth-order valence-electron chi connectivity index (χ4n) is 3.88. The van der Waals surface area contributed by atoms with E-state index in [0.717, 1.165) is 41.4 Å². The third-order valence-corrected chi connectivity index (χ3v) is 6.82. The molecule has 4 rings (SSSR count). The van der Waals surface area contributed by atoms with Crippen LogP contribution in [-0.2, 0) is 10.0 Å². The summed E-state index contributed by atoms with van der Waals surface area (Å²) in [6.07, 6.45) is 8.67. The predicted molar refractivity (Wildman–Crippen MR) is 116 cm³/mol. The third kappa shape index (κ3) is 4.07. The van der Waals surface area contributed by atoms with E-state index in [1.165, 1.54) is 12.6 Å². The van der Waals surface area contributed by atoms with Crippen LogP contribution in [0.1, 0.15) is 44.7 Å². The van der Waals surface area contributed by atoms with Gasteiger partial charge in [0, 0.05) is 11.1 Å². The summed E-state index contributed by atoms with van der Waals surface area (Å²) in [4.78, 5) is 7.45. The van der Waals surface area contributed by atoms with Gasteiger partial charge in [-0.15, -0.1) is 0 Å². The number of sulfonamides is 1. The Bertz CT molecular complexity index is 1170. The minimum absolute atomic E-state index is 0.0364. The maximum atomic E-state index is 12.4. The number of hydrogen-bond acceptors (Lipinski definition) is 5. The van der Waals surface area contributed by atoms with Crippen molar-refractivity contribution in [3.63, 3.8) is 0 Å². The van der Waals surface area contributed by atoms with Gasteiger partial charge in [0.05, 0.1) is 29.2 Å². The van der Waals surface area contributed by atoms with Crippen LogP contribution < -0.4 is 14.2 Å². The number of hydrogen-bond donors (Lipinski definition) is 2. The van der Waals surface area contributed by atoms with Crippen molar-refractivity contribution in [2.75, 3.05) is 10.5 Å². The van der Waals surface area contributed by atoms with Crippen molar-refractivity contribution in [3.8, 4) is 17.0 Å². The molecule has 1 aliphatic rings. The summed E-state index contributed by atoms with van der Waals surface area (Å²) in [7, 11) is -3.45. The van der Waals surface area contributed by atoms with E-state index < -0.39 is 10.0 Å². The molecule has 160 valence electrons. The highest BCUT2D eigenvalue weighted by Crippen LogP contribution is 2.37. The zero-order valence-electron chi connectivity index (χ0n) is 17.1. The zero-order chi connectivity index (χ0) is 21.3. The molecule has 9 heteroatoms. The summed E-state index contributed by atoms with van der Waals surface area (Å²) in [5.74, 6) is 0.414. The average molecular weight is 431 g/mol. The molecule has 1 fully saturated rings. The maximum absolute atomic E-state index is 12.4. The molecule has 0 unspecified atom stereocenters. The first kappa shape index (κ1) is 20.5. The van der Waals surface area contributed by atoms with Gasteiger partial charge in [-0.05, 0) is 57.7 Å². The number of ether oxygens (including phenoxy) is 1. The number of pyridine rings is 2. The molecule has 2 N–H and O–H groups in total. The number of nitrogens with zero attached hydrogens (tertiary/aromatic N) is 2. The highest BCUT2D eigenvalue weighted by Gasteiger charge is 2.22. The molecule has 8 nitrogen and oxygen atoms in total. The lowest BCUT2D eigenvalue weighted by Crippen LogP contribution is -2.31. The van der Waals surface area contributed by atoms with E-state index in [1.54, 1.807) is 32.2 Å². The van der Waals surface area contributed by atoms with Crippen LogP contribution >= 0.6 is 0 Å². The van der Waals surface area contributed by atoms with Crippen molar-refractivity contribution in [3.05, 3.63) is 41.5 Å². The van der Waals surface area contributed by atoms with E-state index in [9.17, 15) is 13.6 Å². The minimum atomic E-state index is -3.45. The van der Waals surface area contributed by atoms with Crippen molar-refractivity contribution in [1.29, 1.82) is 0 Å². The van der Waals surface area contributed by atoms with E-state index in [4.69, 9.17) is 4.74 Å². The smallest absolute Gasteiger partial charge is 0.290 e. The molecule has 0 aliphatic heterocycles. The van der Waals surface area contributed by atoms with Gasteiger partial charge in [0.1, 0.15) is 11.8 Å². The van der Waals surface area contributed by atoms with Crippen molar-refractivity contribution >= 4 is 26.7 Å². The molecule has 3 heterocycles. The number of aromatic amines is 1. The summed E-state index contributed by atoms with van der Waals surface area (Å²) in [6, 6.07) is 5.34. The Morgan fingerprint density at radius 3 is 2.77 bits per heavy atom. The Kier molecular flexibility index (Phi) is 5.55. The Balaban J connectivity index is 1.84. The lowest BCUT2D eigenvalue weighted by atomic mass is 9.97. The summed E-state index contributed by atoms with van der Waals surface area (Å²) < 4.78 is 33.8. The van der Waals surface area contributed by atoms with E-state index in [1.807, 2.05) is 6.07 Å². The van der Waals surface area contributed by atoms with Crippen LogP contribution in [0.4, 0.5) is 5.69 Å². The SMILES string of the molecule is CCS(=O)(=O)Nc1cnc(OC2CCCCC2)c(-c2cc(C)[n+]([O-])c3[nH]ccc23)c1. The molecule has 1 saturated carbocycles. The summed E-state index contributed by atoms with van der Waals surface area (Å²) in [6.45, 7) is 3.31. The fraction of sp³-hybridized carbons (Fsp3) is 0.429. The molecule has 0 aromatic carbocycles. The van der Waals surface area contributed by atoms with Gasteiger partial charge in [-0.1, -0.05) is 6.42 Å². The monoisotopic (exact) mass is 430 g/mol. The standard InChI is InChI=1S/C21H26N4O4S/c1-3-30(27,28)24-15-12-19(21(23-13-15)29-16-7-5-4-6-8-16)18-11-14(2)25(26)20-17(18)9-10-22-20/h9-13,16,22,24H,3-8H2,1-2H3. The summed E-state index contributed by atoms with van der Waals surface area (Å²) in [5.41, 5.74) is 2.75. The van der Waals surface area contributed by atoms with E-state index >= 15 is 0 Å². The second-order valence-electron chi connectivity index (χ2n) is 7.69. The summed E-state index contributed by atoms with van der Waals surface area (Å²) >= 11 is 0. The van der Waals surface area contributed by atoms with Gasteiger partial charge >= 0.3 is 0 Å². The second kappa shape index (κ2) is 8.14. The lowest BCUT2D eigenvalue weighted by molar-refractivity contribution is -0.586. The Labute approximate surface area is 175 Å². The average Bonchev–Trinajstić information content (AvgIpc) is 3.23. The Morgan fingerprint density at radius 1 is 1.27 bits per heavy atom. The maximum Gasteiger partial charge on any atom is 0.290 e. The predicted octanol–water partition coefficient (Wildman–Crippen LogP) is 3.64. The molecule has 0 spiro atoms. The van der Waals surface area contributed by atoms with Crippen LogP contribution in [0.15, 0.2) is 30.6 Å². The Hall–Kier alpha value is -2.81. The van der Waals surface area contributed by atoms with Gasteiger partial charge in [0.2, 0.25) is 15.9 Å². The van der Waals surface area contributed by atoms with Crippen molar-refractivity contribution in [2.45, 2.75) is 52.1 Å². The largest absolute Gasteiger partial charge is 0.710 e. The molecule has 0 saturated heterocycles. The number of rotatable bonds is 6. The number of nitrogens with one attached hydrogen (secondary N) is 2. The zero-order valence-corrected chi connectivity index (χ0v) is 18.0. The van der Waals surface area contributed by atoms with Crippen LogP contribution in [0.2, 0.25) is 0 Å². The van der Waals surface area contributed by atoms with Gasteiger partial charge in [-0.25, -0.2) is 23.1 Å². The highest BCUT2D eigenvalue weighted by atomic mass is 32.2. The number of aryl methyl sites for hydroxylation is 1. The highest BCUT2D eigenvalue weighted by molar-refractivity contribution is 7.92. The molecular formula is C21H26N4O4S. The molecule has 30 heavy (non-hydrogen) atoms. The molecular weight excluding hydrogens is 404 g/mol. The molecule has 0 bridgehead atoms. The number of anilines is 1. The van der Waals surface area contributed by atoms with Gasteiger partial charge in [0.25, 0.3) is 5.65 Å². The fourth-order valence-corrected chi connectivity index (χ4v) is 4.49. The number of H-pyrrole nitrogens is 1. The van der Waals surface area contributed by atoms with Gasteiger partial charge in [-0.2, -0.15) is 0 Å². The van der Waals surface area contributed by atoms with Crippen LogP contribution in [-0.4, -0.2) is 30.2 Å².